The molecule has 0 aliphatic rings. The fourth-order valence-corrected chi connectivity index (χ4v) is 3.94. The zero-order chi connectivity index (χ0) is 27.1. The lowest BCUT2D eigenvalue weighted by molar-refractivity contribution is -0.123. The van der Waals surface area contributed by atoms with Gasteiger partial charge >= 0.3 is 0 Å². The number of carbonyl (C=O) groups excluding carboxylic acids is 1. The van der Waals surface area contributed by atoms with E-state index in [1.165, 1.54) is 27.5 Å². The van der Waals surface area contributed by atoms with Crippen LogP contribution >= 0.6 is 11.6 Å². The molecule has 0 bridgehead atoms. The maximum Gasteiger partial charge on any atom is 0.278 e. The molecule has 1 aromatic heterocycles. The third-order valence-electron chi connectivity index (χ3n) is 5.67. The predicted molar refractivity (Wildman–Crippen MR) is 147 cm³/mol. The van der Waals surface area contributed by atoms with E-state index < -0.39 is 5.91 Å². The first kappa shape index (κ1) is 26.6. The maximum absolute atomic E-state index is 12.5. The smallest absolute Gasteiger partial charge is 0.278 e. The van der Waals surface area contributed by atoms with Gasteiger partial charge in [0.05, 0.1) is 38.8 Å². The van der Waals surface area contributed by atoms with Gasteiger partial charge in [-0.25, -0.2) is 5.43 Å². The second-order valence-corrected chi connectivity index (χ2v) is 8.59. The summed E-state index contributed by atoms with van der Waals surface area (Å²) in [5, 5.41) is 12.0. The molecule has 10 heteroatoms. The lowest BCUT2D eigenvalue weighted by Crippen LogP contribution is -2.24. The van der Waals surface area contributed by atoms with Crippen molar-refractivity contribution in [1.29, 1.82) is 0 Å². The summed E-state index contributed by atoms with van der Waals surface area (Å²) >= 11 is 6.06. The Morgan fingerprint density at radius 1 is 0.947 bits per heavy atom. The van der Waals surface area contributed by atoms with Crippen molar-refractivity contribution < 1.29 is 23.7 Å². The molecule has 2 N–H and O–H groups in total. The van der Waals surface area contributed by atoms with Crippen molar-refractivity contribution in [2.24, 2.45) is 5.10 Å². The average molecular weight is 535 g/mol. The standard InChI is InChI=1S/C28H27ClN4O5/c1-17-5-7-18(8-6-17)24-25(19-9-12-21(29)13-10-19)32-33-28(24)38-16-23(34)31-30-15-20-11-14-22(35-2)27(37-4)26(20)36-3/h5-15H,16H2,1-4H3,(H,31,34)(H,32,33)/b30-15+. The minimum absolute atomic E-state index is 0.291. The van der Waals surface area contributed by atoms with Crippen LogP contribution < -0.4 is 24.4 Å². The maximum atomic E-state index is 12.5. The monoisotopic (exact) mass is 534 g/mol. The van der Waals surface area contributed by atoms with Crippen LogP contribution in [0.15, 0.2) is 65.8 Å². The summed E-state index contributed by atoms with van der Waals surface area (Å²) in [5.74, 6) is 1.19. The molecule has 0 aliphatic heterocycles. The number of benzene rings is 3. The molecule has 0 saturated carbocycles. The molecule has 1 heterocycles. The van der Waals surface area contributed by atoms with Gasteiger partial charge in [-0.05, 0) is 36.8 Å². The SMILES string of the molecule is COc1ccc(/C=N/NC(=O)COc2n[nH]c(-c3ccc(Cl)cc3)c2-c2ccc(C)cc2)c(OC)c1OC. The number of halogens is 1. The number of aromatic nitrogens is 2. The van der Waals surface area contributed by atoms with Crippen LogP contribution in [0.5, 0.6) is 23.1 Å². The summed E-state index contributed by atoms with van der Waals surface area (Å²) in [6.07, 6.45) is 1.45. The topological polar surface area (TPSA) is 107 Å². The Morgan fingerprint density at radius 3 is 2.29 bits per heavy atom. The highest BCUT2D eigenvalue weighted by Gasteiger charge is 2.19. The number of methoxy groups -OCH3 is 3. The van der Waals surface area contributed by atoms with Gasteiger partial charge in [-0.1, -0.05) is 53.6 Å². The Balaban J connectivity index is 1.50. The van der Waals surface area contributed by atoms with Crippen molar-refractivity contribution >= 4 is 23.7 Å². The number of rotatable bonds is 10. The van der Waals surface area contributed by atoms with E-state index in [0.29, 0.717) is 33.7 Å². The van der Waals surface area contributed by atoms with Gasteiger partial charge in [-0.2, -0.15) is 5.10 Å². The summed E-state index contributed by atoms with van der Waals surface area (Å²) in [4.78, 5) is 12.5. The first-order chi connectivity index (χ1) is 18.4. The normalized spacial score (nSPS) is 10.9. The largest absolute Gasteiger partial charge is 0.493 e. The number of hydrogen-bond donors (Lipinski definition) is 2. The molecule has 3 aromatic carbocycles. The van der Waals surface area contributed by atoms with Gasteiger partial charge < -0.3 is 18.9 Å². The lowest BCUT2D eigenvalue weighted by atomic mass is 10.0. The quantitative estimate of drug-likeness (QED) is 0.212. The van der Waals surface area contributed by atoms with E-state index >= 15 is 0 Å². The molecule has 0 spiro atoms. The summed E-state index contributed by atoms with van der Waals surface area (Å²) in [6, 6.07) is 18.8. The van der Waals surface area contributed by atoms with E-state index in [9.17, 15) is 4.79 Å². The number of aryl methyl sites for hydroxylation is 1. The molecular formula is C28H27ClN4O5. The van der Waals surface area contributed by atoms with Crippen LogP contribution in [0.2, 0.25) is 5.02 Å². The summed E-state index contributed by atoms with van der Waals surface area (Å²) in [5.41, 5.74) is 7.42. The van der Waals surface area contributed by atoms with Crippen molar-refractivity contribution in [2.75, 3.05) is 27.9 Å². The van der Waals surface area contributed by atoms with Crippen molar-refractivity contribution in [3.05, 3.63) is 76.8 Å². The van der Waals surface area contributed by atoms with Crippen molar-refractivity contribution in [3.8, 4) is 45.5 Å². The third kappa shape index (κ3) is 5.90. The number of aromatic amines is 1. The van der Waals surface area contributed by atoms with Crippen molar-refractivity contribution in [3.63, 3.8) is 0 Å². The number of nitrogens with one attached hydrogen (secondary N) is 2. The molecule has 196 valence electrons. The molecule has 38 heavy (non-hydrogen) atoms. The molecule has 0 saturated heterocycles. The third-order valence-corrected chi connectivity index (χ3v) is 5.93. The van der Waals surface area contributed by atoms with Gasteiger partial charge in [-0.3, -0.25) is 9.89 Å². The lowest BCUT2D eigenvalue weighted by Gasteiger charge is -2.13. The molecular weight excluding hydrogens is 508 g/mol. The van der Waals surface area contributed by atoms with Crippen LogP contribution in [0.3, 0.4) is 0 Å². The summed E-state index contributed by atoms with van der Waals surface area (Å²) < 4.78 is 21.9. The van der Waals surface area contributed by atoms with Crippen LogP contribution in [-0.4, -0.2) is 50.3 Å². The van der Waals surface area contributed by atoms with E-state index in [0.717, 1.165) is 27.9 Å². The number of nitrogens with zero attached hydrogens (tertiary/aromatic N) is 2. The Bertz CT molecular complexity index is 1430. The molecule has 0 fully saturated rings. The molecule has 0 aliphatic carbocycles. The molecule has 9 nitrogen and oxygen atoms in total. The van der Waals surface area contributed by atoms with Gasteiger partial charge in [0.1, 0.15) is 0 Å². The Hall–Kier alpha value is -4.50. The second-order valence-electron chi connectivity index (χ2n) is 8.16. The fourth-order valence-electron chi connectivity index (χ4n) is 3.81. The minimum atomic E-state index is -0.466. The summed E-state index contributed by atoms with van der Waals surface area (Å²) in [7, 11) is 4.56. The van der Waals surface area contributed by atoms with E-state index in [-0.39, 0.29) is 6.61 Å². The molecule has 4 aromatic rings. The zero-order valence-corrected chi connectivity index (χ0v) is 22.1. The number of amides is 1. The first-order valence-corrected chi connectivity index (χ1v) is 12.0. The second kappa shape index (κ2) is 12.2. The highest BCUT2D eigenvalue weighted by atomic mass is 35.5. The Morgan fingerprint density at radius 2 is 1.63 bits per heavy atom. The van der Waals surface area contributed by atoms with Crippen LogP contribution in [0, 0.1) is 6.92 Å². The minimum Gasteiger partial charge on any atom is -0.493 e. The molecule has 4 rings (SSSR count). The van der Waals surface area contributed by atoms with Gasteiger partial charge in [0.25, 0.3) is 5.91 Å². The molecule has 1 amide bonds. The van der Waals surface area contributed by atoms with E-state index in [2.05, 4.69) is 20.7 Å². The van der Waals surface area contributed by atoms with E-state index in [1.54, 1.807) is 24.3 Å². The number of carbonyl (C=O) groups is 1. The van der Waals surface area contributed by atoms with E-state index in [4.69, 9.17) is 30.5 Å². The number of H-pyrrole nitrogens is 1. The van der Waals surface area contributed by atoms with Crippen LogP contribution in [-0.2, 0) is 4.79 Å². The number of ether oxygens (including phenoxy) is 4. The van der Waals surface area contributed by atoms with Crippen LogP contribution in [0.25, 0.3) is 22.4 Å². The fraction of sp³-hybridized carbons (Fsp3) is 0.179. The van der Waals surface area contributed by atoms with Gasteiger partial charge in [0.2, 0.25) is 11.6 Å². The van der Waals surface area contributed by atoms with Crippen molar-refractivity contribution in [2.45, 2.75) is 6.92 Å². The zero-order valence-electron chi connectivity index (χ0n) is 21.4. The molecule has 0 atom stereocenters. The molecule has 0 radical (unpaired) electrons. The van der Waals surface area contributed by atoms with Crippen LogP contribution in [0.1, 0.15) is 11.1 Å². The Labute approximate surface area is 225 Å². The number of hydrazone groups is 1. The van der Waals surface area contributed by atoms with Crippen molar-refractivity contribution in [1.82, 2.24) is 15.6 Å². The average Bonchev–Trinajstić information content (AvgIpc) is 3.36. The highest BCUT2D eigenvalue weighted by Crippen LogP contribution is 2.39. The summed E-state index contributed by atoms with van der Waals surface area (Å²) in [6.45, 7) is 1.71. The van der Waals surface area contributed by atoms with E-state index in [1.807, 2.05) is 43.3 Å². The van der Waals surface area contributed by atoms with Crippen LogP contribution in [0.4, 0.5) is 0 Å². The van der Waals surface area contributed by atoms with Gasteiger partial charge in [-0.15, -0.1) is 5.10 Å². The highest BCUT2D eigenvalue weighted by molar-refractivity contribution is 6.30. The Kier molecular flexibility index (Phi) is 8.50. The first-order valence-electron chi connectivity index (χ1n) is 11.6. The van der Waals surface area contributed by atoms with Gasteiger partial charge in [0, 0.05) is 16.1 Å². The number of hydrogen-bond acceptors (Lipinski definition) is 7. The molecule has 0 unspecified atom stereocenters. The predicted octanol–water partition coefficient (Wildman–Crippen LogP) is 5.26. The van der Waals surface area contributed by atoms with Gasteiger partial charge in [0.15, 0.2) is 18.1 Å².